The van der Waals surface area contributed by atoms with Crippen LogP contribution in [-0.4, -0.2) is 25.7 Å². The monoisotopic (exact) mass is 609 g/mol. The molecule has 6 nitrogen and oxygen atoms in total. The third-order valence-corrected chi connectivity index (χ3v) is 7.53. The molecule has 11 heteroatoms. The van der Waals surface area contributed by atoms with Gasteiger partial charge in [0.15, 0.2) is 0 Å². The van der Waals surface area contributed by atoms with Crippen LogP contribution in [-0.2, 0) is 14.8 Å². The third-order valence-electron chi connectivity index (χ3n) is 6.95. The molecule has 1 N–H and O–H groups in total. The molecule has 1 saturated heterocycles. The Labute approximate surface area is 216 Å². The summed E-state index contributed by atoms with van der Waals surface area (Å²) in [4.78, 5) is 22.1. The summed E-state index contributed by atoms with van der Waals surface area (Å²) in [5.74, 6) is -0.311. The van der Waals surface area contributed by atoms with E-state index in [9.17, 15) is 22.4 Å². The van der Waals surface area contributed by atoms with Crippen molar-refractivity contribution in [2.75, 3.05) is 4.90 Å². The minimum Gasteiger partial charge on any atom is -0.345 e. The Hall–Kier alpha value is -2.96. The van der Waals surface area contributed by atoms with Gasteiger partial charge in [-0.05, 0) is 54.2 Å². The highest BCUT2D eigenvalue weighted by Crippen LogP contribution is 2.56. The number of fused-ring (bicyclic) bond motifs is 1. The Morgan fingerprint density at radius 3 is 2.53 bits per heavy atom. The molecule has 6 rings (SSSR count). The van der Waals surface area contributed by atoms with E-state index in [1.165, 1.54) is 12.3 Å². The summed E-state index contributed by atoms with van der Waals surface area (Å²) < 4.78 is 54.5. The van der Waals surface area contributed by atoms with Gasteiger partial charge in [0.05, 0.1) is 35.5 Å². The molecule has 1 aliphatic carbocycles. The lowest BCUT2D eigenvalue weighted by Gasteiger charge is -2.48. The van der Waals surface area contributed by atoms with Crippen LogP contribution in [0.15, 0.2) is 55.1 Å². The SMILES string of the molecule is CC(F)(F)n1cc(-c2ccc([C@H]3C(C4CC4)C(=O)N3c3ccc4[nH]cnc4c3)c(C(F)(F)I)c2)cn1. The van der Waals surface area contributed by atoms with Crippen LogP contribution in [0.5, 0.6) is 0 Å². The Kier molecular flexibility index (Phi) is 5.22. The summed E-state index contributed by atoms with van der Waals surface area (Å²) in [6, 6.07) is 6.12. The fourth-order valence-corrected chi connectivity index (χ4v) is 5.51. The second kappa shape index (κ2) is 8.02. The van der Waals surface area contributed by atoms with Crippen molar-refractivity contribution < 1.29 is 22.4 Å². The van der Waals surface area contributed by atoms with E-state index in [0.717, 1.165) is 47.1 Å². The van der Waals surface area contributed by atoms with Gasteiger partial charge >= 0.3 is 9.98 Å². The normalized spacial score (nSPS) is 20.7. The van der Waals surface area contributed by atoms with Gasteiger partial charge in [-0.2, -0.15) is 22.7 Å². The maximum Gasteiger partial charge on any atom is 0.340 e. The molecule has 2 fully saturated rings. The molecule has 1 saturated carbocycles. The molecule has 4 aromatic rings. The summed E-state index contributed by atoms with van der Waals surface area (Å²) in [6.45, 7) is 0.706. The van der Waals surface area contributed by atoms with Gasteiger partial charge in [-0.15, -0.1) is 0 Å². The number of aromatic nitrogens is 4. The van der Waals surface area contributed by atoms with Crippen LogP contribution in [0.2, 0.25) is 0 Å². The zero-order valence-electron chi connectivity index (χ0n) is 18.9. The largest absolute Gasteiger partial charge is 0.345 e. The van der Waals surface area contributed by atoms with Crippen LogP contribution in [0, 0.1) is 11.8 Å². The van der Waals surface area contributed by atoms with Crippen molar-refractivity contribution in [1.29, 1.82) is 0 Å². The van der Waals surface area contributed by atoms with Crippen molar-refractivity contribution in [3.05, 3.63) is 66.2 Å². The van der Waals surface area contributed by atoms with Crippen molar-refractivity contribution in [1.82, 2.24) is 19.7 Å². The van der Waals surface area contributed by atoms with Gasteiger partial charge in [-0.25, -0.2) is 9.67 Å². The van der Waals surface area contributed by atoms with Gasteiger partial charge in [0, 0.05) is 52.5 Å². The first-order chi connectivity index (χ1) is 17.0. The number of rotatable bonds is 6. The van der Waals surface area contributed by atoms with E-state index in [2.05, 4.69) is 15.1 Å². The molecule has 0 radical (unpaired) electrons. The van der Waals surface area contributed by atoms with Gasteiger partial charge in [-0.1, -0.05) is 12.1 Å². The van der Waals surface area contributed by atoms with Crippen LogP contribution < -0.4 is 4.90 Å². The van der Waals surface area contributed by atoms with E-state index in [1.807, 2.05) is 6.07 Å². The number of benzene rings is 2. The number of H-pyrrole nitrogens is 1. The van der Waals surface area contributed by atoms with Crippen molar-refractivity contribution in [2.24, 2.45) is 11.8 Å². The van der Waals surface area contributed by atoms with Gasteiger partial charge < -0.3 is 9.88 Å². The molecule has 2 aromatic carbocycles. The lowest BCUT2D eigenvalue weighted by Crippen LogP contribution is -2.56. The van der Waals surface area contributed by atoms with E-state index in [4.69, 9.17) is 0 Å². The Morgan fingerprint density at radius 2 is 1.86 bits per heavy atom. The summed E-state index contributed by atoms with van der Waals surface area (Å²) in [6.07, 6.45) is 5.69. The third kappa shape index (κ3) is 3.87. The maximum absolute atomic E-state index is 15.0. The standard InChI is InChI=1S/C25H20F4IN5O/c1-24(26,27)34-11-15(10-33-34)14-4-6-17(18(8-14)25(28,29)30)22-21(13-2-3-13)23(36)35(22)16-5-7-19-20(9-16)32-12-31-19/h4-13,21-22H,2-3H2,1H3,(H,31,32)/t21?,22-/m0/s1. The number of halogens is 5. The minimum atomic E-state index is -3.25. The predicted octanol–water partition coefficient (Wildman–Crippen LogP) is 6.59. The number of hydrogen-bond acceptors (Lipinski definition) is 3. The van der Waals surface area contributed by atoms with E-state index < -0.39 is 16.0 Å². The number of β-lactam (4-membered cyclic amide) rings is 1. The number of alkyl halides is 5. The molecule has 0 spiro atoms. The Balaban J connectivity index is 1.45. The average molecular weight is 609 g/mol. The topological polar surface area (TPSA) is 66.8 Å². The second-order valence-corrected chi connectivity index (χ2v) is 10.8. The molecule has 2 aliphatic rings. The van der Waals surface area contributed by atoms with E-state index in [0.29, 0.717) is 39.5 Å². The summed E-state index contributed by atoms with van der Waals surface area (Å²) >= 11 is 1.08. The lowest BCUT2D eigenvalue weighted by atomic mass is 9.76. The summed E-state index contributed by atoms with van der Waals surface area (Å²) in [5, 5.41) is 3.68. The number of anilines is 1. The number of aromatic amines is 1. The van der Waals surface area contributed by atoms with Crippen molar-refractivity contribution in [2.45, 2.75) is 35.8 Å². The maximum atomic E-state index is 15.0. The molecular formula is C25H20F4IN5O. The minimum absolute atomic E-state index is 0.0874. The zero-order valence-corrected chi connectivity index (χ0v) is 21.1. The lowest BCUT2D eigenvalue weighted by molar-refractivity contribution is -0.131. The number of amides is 1. The summed E-state index contributed by atoms with van der Waals surface area (Å²) in [5.41, 5.74) is 2.83. The molecule has 1 amide bonds. The van der Waals surface area contributed by atoms with Crippen LogP contribution in [0.4, 0.5) is 23.2 Å². The molecule has 36 heavy (non-hydrogen) atoms. The molecule has 2 aromatic heterocycles. The molecule has 2 atom stereocenters. The van der Waals surface area contributed by atoms with Crippen molar-refractivity contribution in [3.63, 3.8) is 0 Å². The number of nitrogens with one attached hydrogen (secondary N) is 1. The molecule has 0 bridgehead atoms. The zero-order chi connectivity index (χ0) is 25.4. The highest BCUT2D eigenvalue weighted by Gasteiger charge is 2.56. The predicted molar refractivity (Wildman–Crippen MR) is 134 cm³/mol. The van der Waals surface area contributed by atoms with Crippen LogP contribution in [0.3, 0.4) is 0 Å². The number of nitrogens with zero attached hydrogens (tertiary/aromatic N) is 4. The summed E-state index contributed by atoms with van der Waals surface area (Å²) in [7, 11) is 0. The van der Waals surface area contributed by atoms with E-state index in [-0.39, 0.29) is 23.3 Å². The van der Waals surface area contributed by atoms with E-state index in [1.54, 1.807) is 35.5 Å². The van der Waals surface area contributed by atoms with Gasteiger partial charge in [0.25, 0.3) is 0 Å². The van der Waals surface area contributed by atoms with Crippen molar-refractivity contribution in [3.8, 4) is 11.1 Å². The number of carbonyl (C=O) groups excluding carboxylic acids is 1. The average Bonchev–Trinajstić information content (AvgIpc) is 3.30. The van der Waals surface area contributed by atoms with Crippen LogP contribution in [0.1, 0.15) is 36.9 Å². The molecule has 3 heterocycles. The fourth-order valence-electron chi connectivity index (χ4n) is 5.04. The molecule has 1 aliphatic heterocycles. The van der Waals surface area contributed by atoms with Gasteiger partial charge in [0.2, 0.25) is 5.91 Å². The van der Waals surface area contributed by atoms with Crippen molar-refractivity contribution >= 4 is 45.2 Å². The highest BCUT2D eigenvalue weighted by molar-refractivity contribution is 14.1. The first-order valence-corrected chi connectivity index (χ1v) is 12.5. The fraction of sp³-hybridized carbons (Fsp3) is 0.320. The number of hydrogen-bond donors (Lipinski definition) is 1. The quantitative estimate of drug-likeness (QED) is 0.116. The first kappa shape index (κ1) is 23.4. The molecular weight excluding hydrogens is 589 g/mol. The van der Waals surface area contributed by atoms with E-state index >= 15 is 0 Å². The highest BCUT2D eigenvalue weighted by atomic mass is 127. The van der Waals surface area contributed by atoms with Gasteiger partial charge in [-0.3, -0.25) is 4.79 Å². The van der Waals surface area contributed by atoms with Crippen LogP contribution in [0.25, 0.3) is 22.2 Å². The molecule has 186 valence electrons. The van der Waals surface area contributed by atoms with Gasteiger partial charge in [0.1, 0.15) is 0 Å². The van der Waals surface area contributed by atoms with Crippen LogP contribution >= 0.6 is 22.6 Å². The Morgan fingerprint density at radius 1 is 1.08 bits per heavy atom. The second-order valence-electron chi connectivity index (χ2n) is 9.44. The smallest absolute Gasteiger partial charge is 0.340 e. The Bertz CT molecular complexity index is 1480. The first-order valence-electron chi connectivity index (χ1n) is 11.4. The number of carbonyl (C=O) groups is 1. The number of imidazole rings is 1. The molecule has 1 unspecified atom stereocenters.